The van der Waals surface area contributed by atoms with Gasteiger partial charge in [-0.1, -0.05) is 6.92 Å². The van der Waals surface area contributed by atoms with Gasteiger partial charge >= 0.3 is 0 Å². The minimum atomic E-state index is -0.286. The molecule has 16 heavy (non-hydrogen) atoms. The Bertz CT molecular complexity index is 399. The van der Waals surface area contributed by atoms with Crippen LogP contribution in [-0.2, 0) is 0 Å². The molecule has 0 aliphatic heterocycles. The molecule has 0 heterocycles. The summed E-state index contributed by atoms with van der Waals surface area (Å²) >= 11 is 0. The van der Waals surface area contributed by atoms with Crippen molar-refractivity contribution in [3.05, 3.63) is 35.1 Å². The minimum Gasteiger partial charge on any atom is -0.347 e. The number of carbonyl (C=O) groups excluding carboxylic acids is 1. The molecule has 0 aliphatic carbocycles. The van der Waals surface area contributed by atoms with E-state index in [2.05, 4.69) is 5.32 Å². The van der Waals surface area contributed by atoms with Crippen LogP contribution in [-0.4, -0.2) is 11.4 Å². The highest BCUT2D eigenvalue weighted by molar-refractivity contribution is 5.94. The average Bonchev–Trinajstić information content (AvgIpc) is 2.21. The lowest BCUT2D eigenvalue weighted by molar-refractivity contribution is 0.0911. The lowest BCUT2D eigenvalue weighted by Crippen LogP contribution is -2.42. The third kappa shape index (κ3) is 3.05. The van der Waals surface area contributed by atoms with Gasteiger partial charge in [-0.2, -0.15) is 0 Å². The van der Waals surface area contributed by atoms with Gasteiger partial charge < -0.3 is 5.32 Å². The number of hydrogen-bond acceptors (Lipinski definition) is 1. The molecular formula is C13H18FNO. The molecule has 3 heteroatoms. The summed E-state index contributed by atoms with van der Waals surface area (Å²) in [4.78, 5) is 11.8. The van der Waals surface area contributed by atoms with Gasteiger partial charge in [0.25, 0.3) is 5.91 Å². The van der Waals surface area contributed by atoms with Crippen LogP contribution >= 0.6 is 0 Å². The highest BCUT2D eigenvalue weighted by Crippen LogP contribution is 2.12. The summed E-state index contributed by atoms with van der Waals surface area (Å²) in [5.74, 6) is -0.443. The van der Waals surface area contributed by atoms with Crippen LogP contribution in [0.2, 0.25) is 0 Å². The molecule has 1 rings (SSSR count). The molecule has 1 amide bonds. The summed E-state index contributed by atoms with van der Waals surface area (Å²) in [7, 11) is 0. The van der Waals surface area contributed by atoms with Gasteiger partial charge in [0.2, 0.25) is 0 Å². The highest BCUT2D eigenvalue weighted by Gasteiger charge is 2.18. The molecule has 0 saturated heterocycles. The smallest absolute Gasteiger partial charge is 0.251 e. The Balaban J connectivity index is 2.85. The van der Waals surface area contributed by atoms with Crippen LogP contribution in [0.1, 0.15) is 43.1 Å². The number of amides is 1. The van der Waals surface area contributed by atoms with Crippen LogP contribution in [0.25, 0.3) is 0 Å². The van der Waals surface area contributed by atoms with E-state index in [9.17, 15) is 9.18 Å². The Morgan fingerprint density at radius 2 is 2.06 bits per heavy atom. The fraction of sp³-hybridized carbons (Fsp3) is 0.462. The van der Waals surface area contributed by atoms with Gasteiger partial charge in [-0.15, -0.1) is 0 Å². The van der Waals surface area contributed by atoms with Gasteiger partial charge in [0.1, 0.15) is 5.82 Å². The Labute approximate surface area is 95.9 Å². The van der Waals surface area contributed by atoms with Crippen LogP contribution in [0.15, 0.2) is 18.2 Å². The predicted molar refractivity (Wildman–Crippen MR) is 63.0 cm³/mol. The van der Waals surface area contributed by atoms with E-state index in [0.29, 0.717) is 11.1 Å². The van der Waals surface area contributed by atoms with Gasteiger partial charge in [0, 0.05) is 11.1 Å². The zero-order valence-electron chi connectivity index (χ0n) is 10.2. The van der Waals surface area contributed by atoms with Crippen molar-refractivity contribution in [2.75, 3.05) is 0 Å². The maximum atomic E-state index is 13.0. The van der Waals surface area contributed by atoms with E-state index in [0.717, 1.165) is 6.42 Å². The van der Waals surface area contributed by atoms with Gasteiger partial charge in [-0.05, 0) is 51.0 Å². The lowest BCUT2D eigenvalue weighted by atomic mass is 10.0. The second kappa shape index (κ2) is 4.64. The first-order valence-electron chi connectivity index (χ1n) is 5.44. The molecule has 0 spiro atoms. The van der Waals surface area contributed by atoms with E-state index in [4.69, 9.17) is 0 Å². The van der Waals surface area contributed by atoms with Crippen molar-refractivity contribution in [3.63, 3.8) is 0 Å². The largest absolute Gasteiger partial charge is 0.347 e. The Morgan fingerprint density at radius 1 is 1.44 bits per heavy atom. The zero-order chi connectivity index (χ0) is 12.3. The fourth-order valence-electron chi connectivity index (χ4n) is 1.25. The molecule has 0 radical (unpaired) electrons. The van der Waals surface area contributed by atoms with Crippen LogP contribution in [0.3, 0.4) is 0 Å². The van der Waals surface area contributed by atoms with Crippen molar-refractivity contribution in [2.24, 2.45) is 0 Å². The molecule has 0 saturated carbocycles. The Hall–Kier alpha value is -1.38. The van der Waals surface area contributed by atoms with Gasteiger partial charge in [-0.25, -0.2) is 4.39 Å². The summed E-state index contributed by atoms with van der Waals surface area (Å²) in [5, 5.41) is 2.91. The number of benzene rings is 1. The Kier molecular flexibility index (Phi) is 3.68. The van der Waals surface area contributed by atoms with Gasteiger partial charge in [0.05, 0.1) is 0 Å². The standard InChI is InChI=1S/C13H18FNO/c1-5-13(3,4)15-12(16)10-6-7-11(14)9(2)8-10/h6-8H,5H2,1-4H3,(H,15,16). The Morgan fingerprint density at radius 3 is 2.56 bits per heavy atom. The summed E-state index contributed by atoms with van der Waals surface area (Å²) in [6.45, 7) is 7.58. The molecular weight excluding hydrogens is 205 g/mol. The predicted octanol–water partition coefficient (Wildman–Crippen LogP) is 3.05. The molecule has 1 aromatic carbocycles. The highest BCUT2D eigenvalue weighted by atomic mass is 19.1. The molecule has 0 fully saturated rings. The normalized spacial score (nSPS) is 11.3. The van der Waals surface area contributed by atoms with Crippen LogP contribution in [0.5, 0.6) is 0 Å². The number of nitrogens with one attached hydrogen (secondary N) is 1. The number of rotatable bonds is 3. The molecule has 0 unspecified atom stereocenters. The van der Waals surface area contributed by atoms with E-state index in [1.807, 2.05) is 20.8 Å². The first-order valence-corrected chi connectivity index (χ1v) is 5.44. The van der Waals surface area contributed by atoms with Crippen molar-refractivity contribution in [1.82, 2.24) is 5.32 Å². The van der Waals surface area contributed by atoms with E-state index >= 15 is 0 Å². The number of halogens is 1. The van der Waals surface area contributed by atoms with Crippen LogP contribution in [0, 0.1) is 12.7 Å². The molecule has 1 aromatic rings. The summed E-state index contributed by atoms with van der Waals surface area (Å²) < 4.78 is 13.0. The van der Waals surface area contributed by atoms with Crippen LogP contribution in [0.4, 0.5) is 4.39 Å². The number of aryl methyl sites for hydroxylation is 1. The summed E-state index contributed by atoms with van der Waals surface area (Å²) in [6.07, 6.45) is 0.846. The minimum absolute atomic E-state index is 0.157. The van der Waals surface area contributed by atoms with Gasteiger partial charge in [0.15, 0.2) is 0 Å². The van der Waals surface area contributed by atoms with E-state index < -0.39 is 0 Å². The zero-order valence-corrected chi connectivity index (χ0v) is 10.2. The number of carbonyl (C=O) groups is 1. The topological polar surface area (TPSA) is 29.1 Å². The van der Waals surface area contributed by atoms with Crippen molar-refractivity contribution in [3.8, 4) is 0 Å². The third-order valence-corrected chi connectivity index (χ3v) is 2.76. The SMILES string of the molecule is CCC(C)(C)NC(=O)c1ccc(F)c(C)c1. The fourth-order valence-corrected chi connectivity index (χ4v) is 1.25. The molecule has 2 nitrogen and oxygen atoms in total. The van der Waals surface area contributed by atoms with Gasteiger partial charge in [-0.3, -0.25) is 4.79 Å². The van der Waals surface area contributed by atoms with Crippen molar-refractivity contribution < 1.29 is 9.18 Å². The average molecular weight is 223 g/mol. The maximum absolute atomic E-state index is 13.0. The maximum Gasteiger partial charge on any atom is 0.251 e. The van der Waals surface area contributed by atoms with Crippen LogP contribution < -0.4 is 5.32 Å². The van der Waals surface area contributed by atoms with E-state index in [1.54, 1.807) is 13.0 Å². The third-order valence-electron chi connectivity index (χ3n) is 2.76. The van der Waals surface area contributed by atoms with E-state index in [1.165, 1.54) is 12.1 Å². The monoisotopic (exact) mass is 223 g/mol. The quantitative estimate of drug-likeness (QED) is 0.838. The molecule has 0 atom stereocenters. The first-order chi connectivity index (χ1) is 7.35. The summed E-state index contributed by atoms with van der Waals surface area (Å²) in [6, 6.07) is 4.39. The second-order valence-electron chi connectivity index (χ2n) is 4.66. The molecule has 0 aromatic heterocycles. The molecule has 88 valence electrons. The molecule has 0 aliphatic rings. The van der Waals surface area contributed by atoms with E-state index in [-0.39, 0.29) is 17.3 Å². The lowest BCUT2D eigenvalue weighted by Gasteiger charge is -2.24. The van der Waals surface area contributed by atoms with Crippen molar-refractivity contribution in [1.29, 1.82) is 0 Å². The first kappa shape index (κ1) is 12.7. The van der Waals surface area contributed by atoms with Crippen molar-refractivity contribution >= 4 is 5.91 Å². The number of hydrogen-bond donors (Lipinski definition) is 1. The van der Waals surface area contributed by atoms with Crippen molar-refractivity contribution in [2.45, 2.75) is 39.7 Å². The summed E-state index contributed by atoms with van der Waals surface area (Å²) in [5.41, 5.74) is 0.752. The second-order valence-corrected chi connectivity index (χ2v) is 4.66. The molecule has 0 bridgehead atoms. The molecule has 1 N–H and O–H groups in total.